The normalized spacial score (nSPS) is 16.9. The van der Waals surface area contributed by atoms with E-state index < -0.39 is 22.0 Å². The van der Waals surface area contributed by atoms with Gasteiger partial charge < -0.3 is 10.8 Å². The molecule has 1 unspecified atom stereocenters. The van der Waals surface area contributed by atoms with Gasteiger partial charge in [0, 0.05) is 37.6 Å². The number of fused-ring (bicyclic) bond motifs is 2. The Labute approximate surface area is 181 Å². The highest BCUT2D eigenvalue weighted by molar-refractivity contribution is 7.89. The van der Waals surface area contributed by atoms with E-state index in [4.69, 9.17) is 17.3 Å². The fraction of sp³-hybridized carbons (Fsp3) is 0.450. The highest BCUT2D eigenvalue weighted by atomic mass is 35.5. The molecular formula is C20H26ClFN4O3S. The van der Waals surface area contributed by atoms with Gasteiger partial charge in [-0.3, -0.25) is 4.68 Å². The van der Waals surface area contributed by atoms with Crippen LogP contribution in [0, 0.1) is 0 Å². The number of nitrogens with zero attached hydrogens (tertiary/aromatic N) is 3. The standard InChI is InChI=1S/C20H26ClFN4O3S/c1-11(2)18-16-9-14-15(7-13(8-17(14)21)30(28,29)25(3)4)20(27)19(16)26(24-18)10-12(22)5-6-23/h5,7-8,11,20,27H,6,9-10,23H2,1-4H3/b12-5-. The number of sulfonamides is 1. The number of aliphatic hydroxyl groups excluding tert-OH is 1. The number of hydrogen-bond acceptors (Lipinski definition) is 5. The third-order valence-electron chi connectivity index (χ3n) is 5.20. The average molecular weight is 457 g/mol. The summed E-state index contributed by atoms with van der Waals surface area (Å²) in [6.45, 7) is 3.83. The van der Waals surface area contributed by atoms with E-state index in [-0.39, 0.29) is 28.9 Å². The molecule has 3 N–H and O–H groups in total. The lowest BCUT2D eigenvalue weighted by molar-refractivity contribution is 0.202. The highest BCUT2D eigenvalue weighted by Gasteiger charge is 2.34. The van der Waals surface area contributed by atoms with Crippen molar-refractivity contribution in [3.05, 3.63) is 57.1 Å². The molecule has 0 radical (unpaired) electrons. The molecule has 0 amide bonds. The molecule has 3 rings (SSSR count). The van der Waals surface area contributed by atoms with Gasteiger partial charge in [0.2, 0.25) is 10.0 Å². The van der Waals surface area contributed by atoms with Crippen LogP contribution in [-0.2, 0) is 23.0 Å². The maximum atomic E-state index is 14.2. The van der Waals surface area contributed by atoms with E-state index in [1.807, 2.05) is 13.8 Å². The lowest BCUT2D eigenvalue weighted by Crippen LogP contribution is -2.24. The molecule has 1 heterocycles. The van der Waals surface area contributed by atoms with Gasteiger partial charge in [0.25, 0.3) is 0 Å². The topological polar surface area (TPSA) is 101 Å². The summed E-state index contributed by atoms with van der Waals surface area (Å²) in [5.41, 5.74) is 8.40. The second-order valence-electron chi connectivity index (χ2n) is 7.79. The van der Waals surface area contributed by atoms with Crippen molar-refractivity contribution in [2.75, 3.05) is 20.6 Å². The number of hydrogen-bond donors (Lipinski definition) is 2. The number of nitrogens with two attached hydrogens (primary N) is 1. The van der Waals surface area contributed by atoms with Crippen molar-refractivity contribution in [1.29, 1.82) is 0 Å². The van der Waals surface area contributed by atoms with Crippen LogP contribution in [-0.4, -0.2) is 48.3 Å². The van der Waals surface area contributed by atoms with Crippen molar-refractivity contribution in [3.63, 3.8) is 0 Å². The summed E-state index contributed by atoms with van der Waals surface area (Å²) in [5.74, 6) is -0.416. The Hall–Kier alpha value is -1.78. The van der Waals surface area contributed by atoms with Crippen molar-refractivity contribution in [2.45, 2.75) is 43.7 Å². The summed E-state index contributed by atoms with van der Waals surface area (Å²) in [6.07, 6.45) is 0.438. The third kappa shape index (κ3) is 3.92. The van der Waals surface area contributed by atoms with Crippen molar-refractivity contribution in [1.82, 2.24) is 14.1 Å². The molecule has 1 aromatic heterocycles. The molecule has 10 heteroatoms. The molecule has 164 valence electrons. The second-order valence-corrected chi connectivity index (χ2v) is 10.3. The zero-order valence-electron chi connectivity index (χ0n) is 17.4. The molecule has 0 aliphatic heterocycles. The zero-order valence-corrected chi connectivity index (χ0v) is 18.9. The summed E-state index contributed by atoms with van der Waals surface area (Å²) in [7, 11) is -0.897. The Bertz CT molecular complexity index is 1110. The van der Waals surface area contributed by atoms with E-state index in [2.05, 4.69) is 5.10 Å². The molecule has 0 spiro atoms. The van der Waals surface area contributed by atoms with E-state index in [1.54, 1.807) is 0 Å². The van der Waals surface area contributed by atoms with Gasteiger partial charge in [-0.1, -0.05) is 25.4 Å². The van der Waals surface area contributed by atoms with Gasteiger partial charge >= 0.3 is 0 Å². The molecule has 7 nitrogen and oxygen atoms in total. The number of halogens is 2. The second kappa shape index (κ2) is 8.39. The van der Waals surface area contributed by atoms with Crippen LogP contribution in [0.5, 0.6) is 0 Å². The van der Waals surface area contributed by atoms with Crippen LogP contribution >= 0.6 is 11.6 Å². The molecule has 30 heavy (non-hydrogen) atoms. The number of aliphatic hydroxyl groups is 1. The van der Waals surface area contributed by atoms with Crippen LogP contribution in [0.4, 0.5) is 4.39 Å². The third-order valence-corrected chi connectivity index (χ3v) is 7.33. The Kier molecular flexibility index (Phi) is 6.41. The minimum atomic E-state index is -3.75. The Morgan fingerprint density at radius 3 is 2.67 bits per heavy atom. The first-order chi connectivity index (χ1) is 14.0. The van der Waals surface area contributed by atoms with Crippen LogP contribution in [0.1, 0.15) is 53.9 Å². The van der Waals surface area contributed by atoms with Crippen molar-refractivity contribution < 1.29 is 17.9 Å². The van der Waals surface area contributed by atoms with Crippen LogP contribution < -0.4 is 5.73 Å². The van der Waals surface area contributed by atoms with Gasteiger partial charge in [-0.25, -0.2) is 17.1 Å². The van der Waals surface area contributed by atoms with E-state index >= 15 is 0 Å². The molecule has 0 saturated heterocycles. The van der Waals surface area contributed by atoms with Gasteiger partial charge in [0.15, 0.2) is 0 Å². The Morgan fingerprint density at radius 2 is 2.10 bits per heavy atom. The van der Waals surface area contributed by atoms with Crippen LogP contribution in [0.25, 0.3) is 0 Å². The molecule has 0 saturated carbocycles. The van der Waals surface area contributed by atoms with Crippen LogP contribution in [0.15, 0.2) is 28.9 Å². The summed E-state index contributed by atoms with van der Waals surface area (Å²) in [4.78, 5) is -0.0110. The molecular weight excluding hydrogens is 431 g/mol. The maximum absolute atomic E-state index is 14.2. The number of allylic oxidation sites excluding steroid dienone is 1. The molecule has 2 aromatic rings. The van der Waals surface area contributed by atoms with Gasteiger partial charge in [0.1, 0.15) is 11.9 Å². The molecule has 0 fully saturated rings. The Balaban J connectivity index is 2.19. The fourth-order valence-electron chi connectivity index (χ4n) is 3.68. The van der Waals surface area contributed by atoms with Crippen molar-refractivity contribution in [2.24, 2.45) is 5.73 Å². The lowest BCUT2D eigenvalue weighted by atomic mass is 9.85. The van der Waals surface area contributed by atoms with E-state index in [1.165, 1.54) is 37.0 Å². The van der Waals surface area contributed by atoms with Crippen LogP contribution in [0.3, 0.4) is 0 Å². The SMILES string of the molecule is CC(C)c1nn(C/C(F)=C/CN)c2c1Cc1c(Cl)cc(S(=O)(=O)N(C)C)cc1C2O. The lowest BCUT2D eigenvalue weighted by Gasteiger charge is -2.26. The molecule has 1 aliphatic rings. The Morgan fingerprint density at radius 1 is 1.43 bits per heavy atom. The predicted molar refractivity (Wildman–Crippen MR) is 114 cm³/mol. The first-order valence-electron chi connectivity index (χ1n) is 9.56. The number of benzene rings is 1. The monoisotopic (exact) mass is 456 g/mol. The zero-order chi connectivity index (χ0) is 22.4. The first-order valence-corrected chi connectivity index (χ1v) is 11.4. The van der Waals surface area contributed by atoms with Gasteiger partial charge in [-0.2, -0.15) is 5.10 Å². The van der Waals surface area contributed by atoms with Gasteiger partial charge in [-0.15, -0.1) is 0 Å². The summed E-state index contributed by atoms with van der Waals surface area (Å²) in [5, 5.41) is 16.0. The van der Waals surface area contributed by atoms with Gasteiger partial charge in [0.05, 0.1) is 22.8 Å². The minimum Gasteiger partial charge on any atom is -0.382 e. The maximum Gasteiger partial charge on any atom is 0.242 e. The van der Waals surface area contributed by atoms with Crippen LogP contribution in [0.2, 0.25) is 5.02 Å². The average Bonchev–Trinajstić information content (AvgIpc) is 3.01. The van der Waals surface area contributed by atoms with E-state index in [0.717, 1.165) is 15.6 Å². The largest absolute Gasteiger partial charge is 0.382 e. The smallest absolute Gasteiger partial charge is 0.242 e. The number of aromatic nitrogens is 2. The fourth-order valence-corrected chi connectivity index (χ4v) is 5.01. The molecule has 1 atom stereocenters. The number of rotatable bonds is 6. The highest BCUT2D eigenvalue weighted by Crippen LogP contribution is 2.42. The van der Waals surface area contributed by atoms with E-state index in [0.29, 0.717) is 23.2 Å². The summed E-state index contributed by atoms with van der Waals surface area (Å²) < 4.78 is 41.9. The molecule has 0 bridgehead atoms. The van der Waals surface area contributed by atoms with Crippen molar-refractivity contribution in [3.8, 4) is 0 Å². The quantitative estimate of drug-likeness (QED) is 0.695. The van der Waals surface area contributed by atoms with Crippen molar-refractivity contribution >= 4 is 21.6 Å². The first kappa shape index (κ1) is 22.9. The van der Waals surface area contributed by atoms with E-state index in [9.17, 15) is 17.9 Å². The molecule has 1 aromatic carbocycles. The summed E-state index contributed by atoms with van der Waals surface area (Å²) in [6, 6.07) is 2.83. The summed E-state index contributed by atoms with van der Waals surface area (Å²) >= 11 is 6.45. The molecule has 1 aliphatic carbocycles. The minimum absolute atomic E-state index is 0.0110. The predicted octanol–water partition coefficient (Wildman–Crippen LogP) is 2.71. The van der Waals surface area contributed by atoms with Gasteiger partial charge in [-0.05, 0) is 35.3 Å².